The molecule has 3 saturated heterocycles. The lowest BCUT2D eigenvalue weighted by atomic mass is 9.97. The molecule has 37 nitrogen and oxygen atoms in total. The number of carboxylic acids is 2. The number of para-hydroxylation sites is 1. The van der Waals surface area contributed by atoms with Crippen molar-refractivity contribution in [1.29, 1.82) is 0 Å². The van der Waals surface area contributed by atoms with E-state index >= 15 is 56.7 Å². The number of fused-ring (bicyclic) bond motifs is 3. The largest absolute Gasteiger partial charge is 0.508 e. The van der Waals surface area contributed by atoms with Gasteiger partial charge in [0.15, 0.2) is 17.5 Å². The van der Waals surface area contributed by atoms with E-state index in [1.54, 1.807) is 67.7 Å². The number of likely N-dealkylation sites (N-methyl/N-ethyl adjacent to an activating group) is 3. The van der Waals surface area contributed by atoms with Crippen LogP contribution in [-0.2, 0) is 114 Å². The molecule has 6 aromatic rings. The second-order valence-electron chi connectivity index (χ2n) is 34.5. The molecule has 3 fully saturated rings. The number of piperidine rings is 1. The number of aliphatic carboxylic acids is 2. The van der Waals surface area contributed by atoms with Gasteiger partial charge in [-0.05, 0) is 147 Å². The Morgan fingerprint density at radius 3 is 1.69 bits per heavy atom. The lowest BCUT2D eigenvalue weighted by Crippen LogP contribution is -2.63. The van der Waals surface area contributed by atoms with Crippen LogP contribution < -0.4 is 59.3 Å². The van der Waals surface area contributed by atoms with Gasteiger partial charge in [0, 0.05) is 95.6 Å². The van der Waals surface area contributed by atoms with Crippen LogP contribution in [0.5, 0.6) is 5.75 Å². The number of nitrogens with one attached hydrogen (secondary N) is 10. The summed E-state index contributed by atoms with van der Waals surface area (Å²) in [5.41, 5.74) is 13.0. The summed E-state index contributed by atoms with van der Waals surface area (Å²) >= 11 is 0.630. The SMILES string of the molecule is CCCC[C@H]1C(=O)N2CCC[C@@H]2C(=O)N[C@@H](CC(=O)O)C(=O)N[C@H](C(C)C)C(=O)N(C)[C@@H](Cc2ccccc2)C(=O)N[C@@H](CCC(=O)O)C(=O)N2CCCC[C@@H]2C(=O)N[C@H](Cc2c[nH]c3ccccc23)C(=O)N[C@@H](Cc2ccc(O)cc2)C(=O)N[C@@H](CCCCN)C(=O)N[C@H](C(=O)NCC(N)=O)CSCC(=O)N[C@@H](Cc2cc(F)c(F)c(F)c2)C(=O)N(C)[C@@H](Cc2ccc(F)cc2)C(=O)N1C. The van der Waals surface area contributed by atoms with Crippen LogP contribution in [0.1, 0.15) is 138 Å². The fourth-order valence-corrected chi connectivity index (χ4v) is 17.6. The number of aromatic nitrogens is 1. The molecule has 0 aliphatic carbocycles. The van der Waals surface area contributed by atoms with E-state index in [1.165, 1.54) is 64.3 Å². The summed E-state index contributed by atoms with van der Waals surface area (Å²) in [4.78, 5) is 259. The number of aromatic hydroxyl groups is 1. The van der Waals surface area contributed by atoms with Crippen molar-refractivity contribution in [3.05, 3.63) is 173 Å². The maximum atomic E-state index is 15.7. The van der Waals surface area contributed by atoms with Crippen LogP contribution in [0.25, 0.3) is 10.9 Å². The molecule has 136 heavy (non-hydrogen) atoms. The molecule has 0 spiro atoms. The van der Waals surface area contributed by atoms with Gasteiger partial charge in [0.2, 0.25) is 88.6 Å². The molecule has 5 aromatic carbocycles. The molecule has 3 aliphatic heterocycles. The highest BCUT2D eigenvalue weighted by atomic mass is 32.2. The molecule has 3 aliphatic rings. The predicted molar refractivity (Wildman–Crippen MR) is 489 cm³/mol. The Labute approximate surface area is 787 Å². The third kappa shape index (κ3) is 29.7. The minimum Gasteiger partial charge on any atom is -0.508 e. The zero-order chi connectivity index (χ0) is 99.3. The highest BCUT2D eigenvalue weighted by molar-refractivity contribution is 8.00. The number of phenolic OH excluding ortho intramolecular Hbond substituents is 1. The quantitative estimate of drug-likeness (QED) is 0.0210. The first kappa shape index (κ1) is 106. The number of benzene rings is 5. The van der Waals surface area contributed by atoms with Gasteiger partial charge in [-0.15, -0.1) is 11.8 Å². The minimum absolute atomic E-state index is 0.0653. The van der Waals surface area contributed by atoms with Crippen molar-refractivity contribution >= 4 is 123 Å². The summed E-state index contributed by atoms with van der Waals surface area (Å²) < 4.78 is 59.8. The van der Waals surface area contributed by atoms with Crippen molar-refractivity contribution in [2.24, 2.45) is 17.4 Å². The predicted octanol–water partition coefficient (Wildman–Crippen LogP) is 2.34. The Bertz CT molecular complexity index is 5270. The van der Waals surface area contributed by atoms with Crippen LogP contribution in [-0.4, -0.2) is 283 Å². The molecule has 13 atom stereocenters. The van der Waals surface area contributed by atoms with E-state index in [4.69, 9.17) is 11.5 Å². The molecule has 4 heterocycles. The molecular formula is C94H119F4N17O20S. The number of nitrogens with two attached hydrogens (primary N) is 2. The maximum absolute atomic E-state index is 15.7. The van der Waals surface area contributed by atoms with Crippen LogP contribution >= 0.6 is 11.8 Å². The second kappa shape index (κ2) is 50.7. The number of rotatable bonds is 26. The number of unbranched alkanes of at least 4 members (excludes halogenated alkanes) is 2. The number of primary amides is 1. The summed E-state index contributed by atoms with van der Waals surface area (Å²) in [6, 6.07) is 4.54. The van der Waals surface area contributed by atoms with Gasteiger partial charge in [-0.3, -0.25) is 81.5 Å². The third-order valence-corrected chi connectivity index (χ3v) is 25.3. The van der Waals surface area contributed by atoms with E-state index < -0.39 is 264 Å². The van der Waals surface area contributed by atoms with Gasteiger partial charge in [-0.2, -0.15) is 0 Å². The van der Waals surface area contributed by atoms with Gasteiger partial charge in [0.05, 0.1) is 18.7 Å². The Morgan fingerprint density at radius 2 is 1.05 bits per heavy atom. The van der Waals surface area contributed by atoms with Crippen LogP contribution in [0.2, 0.25) is 0 Å². The number of nitrogens with zero attached hydrogens (tertiary/aromatic N) is 5. The third-order valence-electron chi connectivity index (χ3n) is 24.2. The zero-order valence-electron chi connectivity index (χ0n) is 76.4. The number of phenols is 1. The number of carboxylic acid groups (broad SMARTS) is 2. The van der Waals surface area contributed by atoms with Crippen molar-refractivity contribution in [2.75, 3.05) is 58.8 Å². The number of hydrogen-bond acceptors (Lipinski definition) is 20. The topological polar surface area (TPSA) is 543 Å². The Hall–Kier alpha value is -13.5. The van der Waals surface area contributed by atoms with Gasteiger partial charge in [-0.1, -0.05) is 106 Å². The summed E-state index contributed by atoms with van der Waals surface area (Å²) in [5.74, 6) is -26.9. The van der Waals surface area contributed by atoms with E-state index in [1.807, 2.05) is 0 Å². The molecule has 0 bridgehead atoms. The molecule has 734 valence electrons. The number of carbonyl (C=O) groups is 17. The van der Waals surface area contributed by atoms with E-state index in [2.05, 4.69) is 52.8 Å². The van der Waals surface area contributed by atoms with E-state index in [-0.39, 0.29) is 108 Å². The van der Waals surface area contributed by atoms with Gasteiger partial charge in [0.25, 0.3) is 0 Å². The standard InChI is InChI=1S/C94H119F4N17O20S/c1-7-8-24-73-93(134)115-39-18-26-72(115)88(129)108-68(47-79(121)122)86(127)110-81(52(2)3)94(135)112(5)74(44-53-19-10-9-11-20-53)89(130)105-65(35-36-78(119)120)91(132)114-38-17-15-25-71(114)87(128)107-67(46-57-48-101-63-22-13-12-21-60(57)63)85(126)106-66(42-54-29-33-59(116)34-30-54)84(125)104-64(23-14-16-37-99)83(124)109-70(82(123)102-49-76(100)117)50-136-51-77(118)103-69(43-56-40-61(96)80(98)62(97)41-56)90(131)113(6)75(92(133)111(73)4)45-55-27-31-58(95)32-28-55/h9-13,19-22,27-34,40-41,48,52,64-75,81,101,116H,7-8,14-18,23-26,35-39,42-47,49-51,99H2,1-6H3,(H2,100,117)(H,102,123)(H,103,118)(H,104,125)(H,105,130)(H,106,126)(H,107,128)(H,108,129)(H,109,124)(H,110,127)(H,119,120)(H,121,122)/t64-,65-,66-,67+,68-,69-,70-,71+,72+,73-,74-,75-,81+/m0/s1. The fraction of sp³-hybridized carbons (Fsp3) is 0.479. The molecule has 0 saturated carbocycles. The molecule has 1 aromatic heterocycles. The molecule has 42 heteroatoms. The number of H-pyrrole nitrogens is 1. The summed E-state index contributed by atoms with van der Waals surface area (Å²) in [6.45, 7) is 3.76. The average molecular weight is 1920 g/mol. The van der Waals surface area contributed by atoms with Crippen molar-refractivity contribution in [2.45, 2.75) is 221 Å². The van der Waals surface area contributed by atoms with E-state index in [0.29, 0.717) is 64.3 Å². The van der Waals surface area contributed by atoms with Crippen LogP contribution in [0, 0.1) is 29.2 Å². The number of thioether (sulfide) groups is 1. The summed E-state index contributed by atoms with van der Waals surface area (Å²) in [7, 11) is 3.56. The normalized spacial score (nSPS) is 23.4. The lowest BCUT2D eigenvalue weighted by molar-refractivity contribution is -0.152. The van der Waals surface area contributed by atoms with Crippen LogP contribution in [0.3, 0.4) is 0 Å². The van der Waals surface area contributed by atoms with Gasteiger partial charge >= 0.3 is 11.9 Å². The highest BCUT2D eigenvalue weighted by Gasteiger charge is 2.46. The van der Waals surface area contributed by atoms with Crippen molar-refractivity contribution in [3.63, 3.8) is 0 Å². The second-order valence-corrected chi connectivity index (χ2v) is 35.6. The summed E-state index contributed by atoms with van der Waals surface area (Å²) in [5, 5.41) is 54.9. The number of amides is 15. The van der Waals surface area contributed by atoms with Crippen LogP contribution in [0.4, 0.5) is 17.6 Å². The first-order chi connectivity index (χ1) is 64.7. The zero-order valence-corrected chi connectivity index (χ0v) is 77.2. The van der Waals surface area contributed by atoms with Crippen molar-refractivity contribution in [3.8, 4) is 5.75 Å². The molecule has 9 rings (SSSR count). The number of halogens is 4. The Morgan fingerprint density at radius 1 is 0.507 bits per heavy atom. The Kier molecular flexibility index (Phi) is 39.6. The molecule has 17 N–H and O–H groups in total. The minimum atomic E-state index is -1.99. The number of carbonyl (C=O) groups excluding carboxylic acids is 15. The highest BCUT2D eigenvalue weighted by Crippen LogP contribution is 2.29. The van der Waals surface area contributed by atoms with Gasteiger partial charge in [-0.25, -0.2) is 17.6 Å². The van der Waals surface area contributed by atoms with E-state index in [0.717, 1.165) is 43.7 Å². The summed E-state index contributed by atoms with van der Waals surface area (Å²) in [6.07, 6.45) is -1.88. The van der Waals surface area contributed by atoms with Gasteiger partial charge < -0.3 is 104 Å². The molecule has 0 unspecified atom stereocenters. The van der Waals surface area contributed by atoms with E-state index in [9.17, 15) is 57.7 Å². The molecule has 15 amide bonds. The number of hydrogen-bond donors (Lipinski definition) is 15. The fourth-order valence-electron chi connectivity index (χ4n) is 16.7. The smallest absolute Gasteiger partial charge is 0.305 e. The molecular weight excluding hydrogens is 1800 g/mol. The average Bonchev–Trinajstić information content (AvgIpc) is 1.38. The molecule has 0 radical (unpaired) electrons. The first-order valence-corrected chi connectivity index (χ1v) is 46.3. The number of aromatic amines is 1. The first-order valence-electron chi connectivity index (χ1n) is 45.1. The van der Waals surface area contributed by atoms with Crippen molar-refractivity contribution < 1.29 is 114 Å². The Balaban J connectivity index is 1.15. The lowest BCUT2D eigenvalue weighted by Gasteiger charge is -2.38. The van der Waals surface area contributed by atoms with Crippen LogP contribution in [0.15, 0.2) is 121 Å². The monoisotopic (exact) mass is 1910 g/mol. The van der Waals surface area contributed by atoms with Gasteiger partial charge in [0.1, 0.15) is 90.1 Å². The maximum Gasteiger partial charge on any atom is 0.305 e. The van der Waals surface area contributed by atoms with Crippen molar-refractivity contribution in [1.82, 2.24) is 77.3 Å².